The average molecular weight is 465 g/mol. The van der Waals surface area contributed by atoms with Crippen molar-refractivity contribution >= 4 is 41.7 Å². The van der Waals surface area contributed by atoms with Gasteiger partial charge in [-0.2, -0.15) is 11.8 Å². The zero-order valence-corrected chi connectivity index (χ0v) is 18.0. The number of ether oxygens (including phenoxy) is 2. The molecule has 0 bridgehead atoms. The number of benzene rings is 1. The van der Waals surface area contributed by atoms with Gasteiger partial charge in [0.2, 0.25) is 6.79 Å². The Hall–Kier alpha value is -0.830. The summed E-state index contributed by atoms with van der Waals surface area (Å²) in [6, 6.07) is 6.10. The molecule has 2 N–H and O–H groups in total. The van der Waals surface area contributed by atoms with E-state index >= 15 is 0 Å². The lowest BCUT2D eigenvalue weighted by atomic mass is 10.1. The van der Waals surface area contributed by atoms with Gasteiger partial charge in [0.15, 0.2) is 17.5 Å². The summed E-state index contributed by atoms with van der Waals surface area (Å²) in [7, 11) is 0. The molecule has 5 nitrogen and oxygen atoms in total. The van der Waals surface area contributed by atoms with Gasteiger partial charge in [0.25, 0.3) is 0 Å². The summed E-state index contributed by atoms with van der Waals surface area (Å²) >= 11 is 1.83. The fourth-order valence-electron chi connectivity index (χ4n) is 2.10. The standard InChI is InChI=1S/C17H27N3O2S.HI/c1-5-18-16(20-11-17(2,3)23-4)19-9-8-13-6-7-14-15(10-13)22-12-21-14;/h6-7,10H,5,8-9,11-12H2,1-4H3,(H2,18,19,20);1H. The highest BCUT2D eigenvalue weighted by Crippen LogP contribution is 2.32. The van der Waals surface area contributed by atoms with Crippen LogP contribution < -0.4 is 20.1 Å². The Balaban J connectivity index is 0.00000288. The van der Waals surface area contributed by atoms with E-state index in [1.54, 1.807) is 0 Å². The topological polar surface area (TPSA) is 54.9 Å². The van der Waals surface area contributed by atoms with Crippen LogP contribution in [0.25, 0.3) is 0 Å². The smallest absolute Gasteiger partial charge is 0.231 e. The van der Waals surface area contributed by atoms with Gasteiger partial charge in [0.1, 0.15) is 0 Å². The first-order chi connectivity index (χ1) is 11.0. The van der Waals surface area contributed by atoms with E-state index in [0.29, 0.717) is 6.79 Å². The number of hydrogen-bond donors (Lipinski definition) is 2. The van der Waals surface area contributed by atoms with Gasteiger partial charge in [-0.15, -0.1) is 24.0 Å². The molecule has 1 aromatic rings. The number of halogens is 1. The Morgan fingerprint density at radius 1 is 1.25 bits per heavy atom. The van der Waals surface area contributed by atoms with E-state index in [0.717, 1.165) is 43.5 Å². The van der Waals surface area contributed by atoms with Gasteiger partial charge in [0.05, 0.1) is 6.54 Å². The Labute approximate surface area is 166 Å². The first-order valence-corrected chi connectivity index (χ1v) is 9.22. The highest BCUT2D eigenvalue weighted by Gasteiger charge is 2.15. The van der Waals surface area contributed by atoms with Crippen LogP contribution in [0.2, 0.25) is 0 Å². The van der Waals surface area contributed by atoms with E-state index in [2.05, 4.69) is 48.7 Å². The Morgan fingerprint density at radius 3 is 2.71 bits per heavy atom. The van der Waals surface area contributed by atoms with Gasteiger partial charge in [-0.05, 0) is 51.1 Å². The third-order valence-electron chi connectivity index (χ3n) is 3.66. The molecule has 136 valence electrons. The van der Waals surface area contributed by atoms with Crippen LogP contribution in [0.3, 0.4) is 0 Å². The zero-order valence-electron chi connectivity index (χ0n) is 14.8. The van der Waals surface area contributed by atoms with Crippen molar-refractivity contribution in [2.24, 2.45) is 4.99 Å². The maximum Gasteiger partial charge on any atom is 0.231 e. The quantitative estimate of drug-likeness (QED) is 0.368. The summed E-state index contributed by atoms with van der Waals surface area (Å²) in [5.74, 6) is 2.54. The van der Waals surface area contributed by atoms with Gasteiger partial charge in [-0.25, -0.2) is 0 Å². The highest BCUT2D eigenvalue weighted by atomic mass is 127. The van der Waals surface area contributed by atoms with Gasteiger partial charge >= 0.3 is 0 Å². The van der Waals surface area contributed by atoms with Crippen molar-refractivity contribution < 1.29 is 9.47 Å². The summed E-state index contributed by atoms with van der Waals surface area (Å²) in [6.07, 6.45) is 3.03. The van der Waals surface area contributed by atoms with Crippen LogP contribution in [0, 0.1) is 0 Å². The molecular weight excluding hydrogens is 437 g/mol. The molecule has 0 aromatic heterocycles. The van der Waals surface area contributed by atoms with Gasteiger partial charge in [-0.3, -0.25) is 4.99 Å². The molecule has 7 heteroatoms. The van der Waals surface area contributed by atoms with Crippen LogP contribution >= 0.6 is 35.7 Å². The first kappa shape index (κ1) is 21.2. The number of nitrogens with one attached hydrogen (secondary N) is 2. The first-order valence-electron chi connectivity index (χ1n) is 8.00. The molecule has 0 unspecified atom stereocenters. The summed E-state index contributed by atoms with van der Waals surface area (Å²) in [4.78, 5) is 4.67. The molecule has 1 aliphatic rings. The Morgan fingerprint density at radius 2 is 2.00 bits per heavy atom. The molecule has 1 aliphatic heterocycles. The molecule has 0 spiro atoms. The normalized spacial score (nSPS) is 13.4. The number of hydrogen-bond acceptors (Lipinski definition) is 4. The lowest BCUT2D eigenvalue weighted by Crippen LogP contribution is -2.39. The fraction of sp³-hybridized carbons (Fsp3) is 0.588. The SMILES string of the molecule is CCNC(=NCC(C)(C)SC)NCCc1ccc2c(c1)OCO2.I. The van der Waals surface area contributed by atoms with Crippen molar-refractivity contribution in [3.05, 3.63) is 23.8 Å². The minimum atomic E-state index is 0. The predicted molar refractivity (Wildman–Crippen MR) is 113 cm³/mol. The minimum absolute atomic E-state index is 0. The van der Waals surface area contributed by atoms with E-state index in [1.807, 2.05) is 23.9 Å². The van der Waals surface area contributed by atoms with E-state index in [9.17, 15) is 0 Å². The highest BCUT2D eigenvalue weighted by molar-refractivity contribution is 14.0. The van der Waals surface area contributed by atoms with Gasteiger partial charge in [-0.1, -0.05) is 6.07 Å². The number of thioether (sulfide) groups is 1. The molecule has 0 saturated heterocycles. The van der Waals surface area contributed by atoms with Crippen molar-refractivity contribution in [2.75, 3.05) is 32.7 Å². The summed E-state index contributed by atoms with van der Waals surface area (Å²) in [5.41, 5.74) is 1.22. The molecule has 0 fully saturated rings. The number of aliphatic imine (C=N–C) groups is 1. The molecule has 2 rings (SSSR count). The maximum atomic E-state index is 5.41. The Kier molecular flexibility index (Phi) is 9.04. The maximum absolute atomic E-state index is 5.41. The predicted octanol–water partition coefficient (Wildman–Crippen LogP) is 3.27. The second-order valence-corrected chi connectivity index (χ2v) is 7.54. The van der Waals surface area contributed by atoms with Crippen LogP contribution in [-0.2, 0) is 6.42 Å². The summed E-state index contributed by atoms with van der Waals surface area (Å²) in [6.45, 7) is 9.27. The third-order valence-corrected chi connectivity index (χ3v) is 4.89. The van der Waals surface area contributed by atoms with E-state index < -0.39 is 0 Å². The van der Waals surface area contributed by atoms with E-state index in [4.69, 9.17) is 9.47 Å². The van der Waals surface area contributed by atoms with Gasteiger partial charge in [0, 0.05) is 17.8 Å². The monoisotopic (exact) mass is 465 g/mol. The molecule has 0 amide bonds. The molecule has 1 aromatic carbocycles. The van der Waals surface area contributed by atoms with Crippen LogP contribution in [0.1, 0.15) is 26.3 Å². The third kappa shape index (κ3) is 6.58. The van der Waals surface area contributed by atoms with Gasteiger partial charge < -0.3 is 20.1 Å². The molecule has 0 aliphatic carbocycles. The molecule has 0 radical (unpaired) electrons. The summed E-state index contributed by atoms with van der Waals surface area (Å²) < 4.78 is 10.9. The van der Waals surface area contributed by atoms with Crippen LogP contribution in [0.15, 0.2) is 23.2 Å². The zero-order chi connectivity index (χ0) is 16.7. The van der Waals surface area contributed by atoms with Crippen molar-refractivity contribution in [1.82, 2.24) is 10.6 Å². The van der Waals surface area contributed by atoms with Crippen molar-refractivity contribution in [3.63, 3.8) is 0 Å². The summed E-state index contributed by atoms with van der Waals surface area (Å²) in [5, 5.41) is 6.68. The fourth-order valence-corrected chi connectivity index (χ4v) is 2.29. The molecular formula is C17H28IN3O2S. The molecule has 0 saturated carbocycles. The molecule has 0 atom stereocenters. The lowest BCUT2D eigenvalue weighted by Gasteiger charge is -2.20. The molecule has 24 heavy (non-hydrogen) atoms. The van der Waals surface area contributed by atoms with Crippen molar-refractivity contribution in [3.8, 4) is 11.5 Å². The van der Waals surface area contributed by atoms with E-state index in [1.165, 1.54) is 5.56 Å². The number of nitrogens with zero attached hydrogens (tertiary/aromatic N) is 1. The van der Waals surface area contributed by atoms with Crippen LogP contribution in [0.5, 0.6) is 11.5 Å². The largest absolute Gasteiger partial charge is 0.454 e. The minimum Gasteiger partial charge on any atom is -0.454 e. The average Bonchev–Trinajstić information content (AvgIpc) is 3.00. The Bertz CT molecular complexity index is 553. The van der Waals surface area contributed by atoms with E-state index in [-0.39, 0.29) is 28.7 Å². The van der Waals surface area contributed by atoms with Crippen LogP contribution in [-0.4, -0.2) is 43.4 Å². The van der Waals surface area contributed by atoms with Crippen LogP contribution in [0.4, 0.5) is 0 Å². The number of rotatable bonds is 7. The number of guanidine groups is 1. The second kappa shape index (κ2) is 10.2. The van der Waals surface area contributed by atoms with Crippen molar-refractivity contribution in [1.29, 1.82) is 0 Å². The lowest BCUT2D eigenvalue weighted by molar-refractivity contribution is 0.174. The number of fused-ring (bicyclic) bond motifs is 1. The second-order valence-electron chi connectivity index (χ2n) is 6.02. The molecule has 1 heterocycles. The van der Waals surface area contributed by atoms with Crippen molar-refractivity contribution in [2.45, 2.75) is 31.9 Å².